The quantitative estimate of drug-likeness (QED) is 0.740. The van der Waals surface area contributed by atoms with Gasteiger partial charge in [-0.25, -0.2) is 0 Å². The molecule has 1 amide bonds. The number of nitrogens with one attached hydrogen (secondary N) is 2. The number of aryl methyl sites for hydroxylation is 1. The highest BCUT2D eigenvalue weighted by Gasteiger charge is 2.07. The fourth-order valence-electron chi connectivity index (χ4n) is 2.27. The summed E-state index contributed by atoms with van der Waals surface area (Å²) in [7, 11) is 3.14. The van der Waals surface area contributed by atoms with Gasteiger partial charge in [0.1, 0.15) is 0 Å². The van der Waals surface area contributed by atoms with Crippen LogP contribution >= 0.6 is 15.9 Å². The molecule has 0 spiro atoms. The first kappa shape index (κ1) is 18.1. The van der Waals surface area contributed by atoms with Gasteiger partial charge in [-0.2, -0.15) is 0 Å². The van der Waals surface area contributed by atoms with Crippen molar-refractivity contribution in [2.24, 2.45) is 0 Å². The van der Waals surface area contributed by atoms with E-state index in [4.69, 9.17) is 9.47 Å². The van der Waals surface area contributed by atoms with Gasteiger partial charge in [0.05, 0.1) is 14.2 Å². The van der Waals surface area contributed by atoms with E-state index in [0.29, 0.717) is 30.2 Å². The fourth-order valence-corrected chi connectivity index (χ4v) is 2.75. The van der Waals surface area contributed by atoms with Crippen molar-refractivity contribution in [3.63, 3.8) is 0 Å². The number of hydrogen-bond donors (Lipinski definition) is 2. The minimum Gasteiger partial charge on any atom is -0.493 e. The summed E-state index contributed by atoms with van der Waals surface area (Å²) < 4.78 is 11.4. The third-order valence-corrected chi connectivity index (χ3v) is 4.02. The fraction of sp³-hybridized carbons (Fsp3) is 0.278. The molecule has 0 aliphatic carbocycles. The zero-order chi connectivity index (χ0) is 17.5. The van der Waals surface area contributed by atoms with Crippen LogP contribution in [0.2, 0.25) is 0 Å². The molecular formula is C18H21BrN2O3. The van der Waals surface area contributed by atoms with Gasteiger partial charge in [0, 0.05) is 34.9 Å². The molecule has 0 heterocycles. The highest BCUT2D eigenvalue weighted by molar-refractivity contribution is 9.10. The number of methoxy groups -OCH3 is 2. The second-order valence-corrected chi connectivity index (χ2v) is 6.17. The summed E-state index contributed by atoms with van der Waals surface area (Å²) in [5, 5.41) is 6.13. The maximum absolute atomic E-state index is 12.1. The van der Waals surface area contributed by atoms with E-state index in [-0.39, 0.29) is 5.91 Å². The molecule has 0 radical (unpaired) electrons. The van der Waals surface area contributed by atoms with Gasteiger partial charge in [0.15, 0.2) is 11.5 Å². The topological polar surface area (TPSA) is 59.6 Å². The third kappa shape index (κ3) is 4.89. The summed E-state index contributed by atoms with van der Waals surface area (Å²) >= 11 is 3.44. The summed E-state index contributed by atoms with van der Waals surface area (Å²) in [4.78, 5) is 12.1. The van der Waals surface area contributed by atoms with Crippen molar-refractivity contribution < 1.29 is 14.3 Å². The lowest BCUT2D eigenvalue weighted by atomic mass is 10.2. The zero-order valence-corrected chi connectivity index (χ0v) is 15.6. The lowest BCUT2D eigenvalue weighted by Crippen LogP contribution is -2.16. The number of anilines is 2. The van der Waals surface area contributed by atoms with Crippen LogP contribution in [0.4, 0.5) is 11.4 Å². The Hall–Kier alpha value is -2.21. The average Bonchev–Trinajstić information content (AvgIpc) is 2.56. The Labute approximate surface area is 150 Å². The SMILES string of the molecule is COc1ccc(NC(=O)CCNc2ccc(Br)cc2C)cc1OC. The molecule has 2 rings (SSSR count). The standard InChI is InChI=1S/C18H21BrN2O3/c1-12-10-13(19)4-6-15(12)20-9-8-18(22)21-14-5-7-16(23-2)17(11-14)24-3/h4-7,10-11,20H,8-9H2,1-3H3,(H,21,22). The number of hydrogen-bond acceptors (Lipinski definition) is 4. The van der Waals surface area contributed by atoms with Gasteiger partial charge in [-0.3, -0.25) is 4.79 Å². The van der Waals surface area contributed by atoms with E-state index in [0.717, 1.165) is 15.7 Å². The highest BCUT2D eigenvalue weighted by Crippen LogP contribution is 2.29. The smallest absolute Gasteiger partial charge is 0.226 e. The second-order valence-electron chi connectivity index (χ2n) is 5.25. The van der Waals surface area contributed by atoms with Crippen LogP contribution in [0.1, 0.15) is 12.0 Å². The first-order valence-electron chi connectivity index (χ1n) is 7.55. The number of halogens is 1. The van der Waals surface area contributed by atoms with E-state index in [1.807, 2.05) is 25.1 Å². The molecule has 0 aromatic heterocycles. The van der Waals surface area contributed by atoms with Crippen molar-refractivity contribution in [1.82, 2.24) is 0 Å². The van der Waals surface area contributed by atoms with E-state index in [1.165, 1.54) is 0 Å². The molecule has 0 fully saturated rings. The van der Waals surface area contributed by atoms with Gasteiger partial charge in [0.2, 0.25) is 5.91 Å². The first-order chi connectivity index (χ1) is 11.5. The van der Waals surface area contributed by atoms with Crippen molar-refractivity contribution in [2.45, 2.75) is 13.3 Å². The lowest BCUT2D eigenvalue weighted by molar-refractivity contribution is -0.115. The molecule has 0 aliphatic heterocycles. The summed E-state index contributed by atoms with van der Waals surface area (Å²) in [6.07, 6.45) is 0.365. The Morgan fingerprint density at radius 2 is 1.83 bits per heavy atom. The Balaban J connectivity index is 1.87. The van der Waals surface area contributed by atoms with E-state index >= 15 is 0 Å². The molecule has 0 bridgehead atoms. The number of benzene rings is 2. The first-order valence-corrected chi connectivity index (χ1v) is 8.34. The molecule has 6 heteroatoms. The summed E-state index contributed by atoms with van der Waals surface area (Å²) in [5.41, 5.74) is 2.83. The molecule has 0 atom stereocenters. The molecule has 0 saturated carbocycles. The summed E-state index contributed by atoms with van der Waals surface area (Å²) in [5.74, 6) is 1.14. The molecular weight excluding hydrogens is 372 g/mol. The maximum Gasteiger partial charge on any atom is 0.226 e. The number of ether oxygens (including phenoxy) is 2. The molecule has 128 valence electrons. The number of rotatable bonds is 7. The third-order valence-electron chi connectivity index (χ3n) is 3.52. The average molecular weight is 393 g/mol. The lowest BCUT2D eigenvalue weighted by Gasteiger charge is -2.12. The second kappa shape index (κ2) is 8.59. The van der Waals surface area contributed by atoms with Crippen LogP contribution in [0.25, 0.3) is 0 Å². The van der Waals surface area contributed by atoms with Crippen LogP contribution in [0, 0.1) is 6.92 Å². The van der Waals surface area contributed by atoms with Gasteiger partial charge in [-0.05, 0) is 42.8 Å². The molecule has 0 unspecified atom stereocenters. The van der Waals surface area contributed by atoms with Crippen LogP contribution in [0.3, 0.4) is 0 Å². The Morgan fingerprint density at radius 3 is 2.50 bits per heavy atom. The Morgan fingerprint density at radius 1 is 1.08 bits per heavy atom. The van der Waals surface area contributed by atoms with Crippen LogP contribution in [-0.4, -0.2) is 26.7 Å². The summed E-state index contributed by atoms with van der Waals surface area (Å²) in [6, 6.07) is 11.3. The molecule has 2 aromatic carbocycles. The van der Waals surface area contributed by atoms with E-state index in [1.54, 1.807) is 32.4 Å². The number of carbonyl (C=O) groups is 1. The van der Waals surface area contributed by atoms with Crippen molar-refractivity contribution >= 4 is 33.2 Å². The van der Waals surface area contributed by atoms with Crippen molar-refractivity contribution in [1.29, 1.82) is 0 Å². The minimum absolute atomic E-state index is 0.0653. The van der Waals surface area contributed by atoms with E-state index < -0.39 is 0 Å². The van der Waals surface area contributed by atoms with Gasteiger partial charge < -0.3 is 20.1 Å². The Kier molecular flexibility index (Phi) is 6.49. The molecule has 24 heavy (non-hydrogen) atoms. The molecule has 2 aromatic rings. The monoisotopic (exact) mass is 392 g/mol. The predicted octanol–water partition coefficient (Wildman–Crippen LogP) is 4.22. The van der Waals surface area contributed by atoms with Crippen molar-refractivity contribution in [3.8, 4) is 11.5 Å². The highest BCUT2D eigenvalue weighted by atomic mass is 79.9. The van der Waals surface area contributed by atoms with Crippen molar-refractivity contribution in [2.75, 3.05) is 31.4 Å². The Bertz CT molecular complexity index is 719. The van der Waals surface area contributed by atoms with Crippen LogP contribution in [-0.2, 0) is 4.79 Å². The predicted molar refractivity (Wildman–Crippen MR) is 100 cm³/mol. The number of amides is 1. The minimum atomic E-state index is -0.0653. The van der Waals surface area contributed by atoms with E-state index in [9.17, 15) is 4.79 Å². The zero-order valence-electron chi connectivity index (χ0n) is 14.0. The normalized spacial score (nSPS) is 10.2. The van der Waals surface area contributed by atoms with Gasteiger partial charge in [-0.15, -0.1) is 0 Å². The largest absolute Gasteiger partial charge is 0.493 e. The molecule has 0 saturated heterocycles. The van der Waals surface area contributed by atoms with Crippen LogP contribution < -0.4 is 20.1 Å². The van der Waals surface area contributed by atoms with Gasteiger partial charge in [0.25, 0.3) is 0 Å². The van der Waals surface area contributed by atoms with Gasteiger partial charge in [-0.1, -0.05) is 15.9 Å². The molecule has 2 N–H and O–H groups in total. The van der Waals surface area contributed by atoms with E-state index in [2.05, 4.69) is 26.6 Å². The molecule has 0 aliphatic rings. The molecule has 5 nitrogen and oxygen atoms in total. The van der Waals surface area contributed by atoms with Crippen molar-refractivity contribution in [3.05, 3.63) is 46.4 Å². The number of carbonyl (C=O) groups excluding carboxylic acids is 1. The maximum atomic E-state index is 12.1. The van der Waals surface area contributed by atoms with Gasteiger partial charge >= 0.3 is 0 Å². The van der Waals surface area contributed by atoms with Crippen LogP contribution in [0.15, 0.2) is 40.9 Å². The van der Waals surface area contributed by atoms with Crippen LogP contribution in [0.5, 0.6) is 11.5 Å². The summed E-state index contributed by atoms with van der Waals surface area (Å²) in [6.45, 7) is 2.58.